The van der Waals surface area contributed by atoms with E-state index in [-0.39, 0.29) is 0 Å². The van der Waals surface area contributed by atoms with Gasteiger partial charge < -0.3 is 11.1 Å². The Kier molecular flexibility index (Phi) is 4.62. The Balaban J connectivity index is 2.34. The van der Waals surface area contributed by atoms with Gasteiger partial charge in [0.2, 0.25) is 5.91 Å². The number of carbonyl (C=O) groups is 1. The molecule has 2 aromatic carbocycles. The van der Waals surface area contributed by atoms with Gasteiger partial charge in [-0.2, -0.15) is 0 Å². The second-order valence-electron chi connectivity index (χ2n) is 4.13. The summed E-state index contributed by atoms with van der Waals surface area (Å²) in [6.45, 7) is 0. The summed E-state index contributed by atoms with van der Waals surface area (Å²) in [4.78, 5) is 11.6. The number of nitrogens with two attached hydrogens (primary N) is 1. The van der Waals surface area contributed by atoms with E-state index >= 15 is 0 Å². The van der Waals surface area contributed by atoms with Crippen molar-refractivity contribution in [1.29, 1.82) is 0 Å². The molecule has 0 aromatic heterocycles. The average molecular weight is 358 g/mol. The molecule has 1 unspecified atom stereocenters. The average Bonchev–Trinajstić information content (AvgIpc) is 2.41. The molecule has 0 radical (unpaired) electrons. The lowest BCUT2D eigenvalue weighted by Crippen LogP contribution is -2.27. The molecule has 3 nitrogen and oxygen atoms in total. The summed E-state index contributed by atoms with van der Waals surface area (Å²) in [5.74, 6) is -1.08. The van der Waals surface area contributed by atoms with Crippen molar-refractivity contribution in [1.82, 2.24) is 0 Å². The quantitative estimate of drug-likeness (QED) is 0.872. The van der Waals surface area contributed by atoms with Crippen LogP contribution in [0.5, 0.6) is 0 Å². The Hall–Kier alpha value is -1.59. The summed E-state index contributed by atoms with van der Waals surface area (Å²) in [7, 11) is 0. The fourth-order valence-electron chi connectivity index (χ4n) is 1.74. The lowest BCUT2D eigenvalue weighted by atomic mass is 10.1. The fraction of sp³-hybridized carbons (Fsp3) is 0.0714. The van der Waals surface area contributed by atoms with E-state index in [2.05, 4.69) is 21.2 Å². The van der Waals surface area contributed by atoms with Crippen LogP contribution in [0.1, 0.15) is 11.6 Å². The lowest BCUT2D eigenvalue weighted by Gasteiger charge is -2.18. The van der Waals surface area contributed by atoms with Crippen molar-refractivity contribution in [3.63, 3.8) is 0 Å². The number of anilines is 1. The van der Waals surface area contributed by atoms with Crippen LogP contribution in [0.3, 0.4) is 0 Å². The van der Waals surface area contributed by atoms with Gasteiger partial charge in [-0.25, -0.2) is 4.39 Å². The van der Waals surface area contributed by atoms with E-state index in [4.69, 9.17) is 17.3 Å². The zero-order valence-corrected chi connectivity index (χ0v) is 12.6. The fourth-order valence-corrected chi connectivity index (χ4v) is 2.18. The van der Waals surface area contributed by atoms with Gasteiger partial charge in [-0.3, -0.25) is 4.79 Å². The number of rotatable bonds is 4. The molecule has 6 heteroatoms. The molecule has 0 aliphatic rings. The monoisotopic (exact) mass is 356 g/mol. The highest BCUT2D eigenvalue weighted by molar-refractivity contribution is 9.10. The molecule has 1 amide bonds. The highest BCUT2D eigenvalue weighted by Crippen LogP contribution is 2.27. The molecular weight excluding hydrogens is 347 g/mol. The van der Waals surface area contributed by atoms with Gasteiger partial charge in [0, 0.05) is 0 Å². The number of nitrogens with one attached hydrogen (secondary N) is 1. The van der Waals surface area contributed by atoms with Gasteiger partial charge in [-0.15, -0.1) is 0 Å². The summed E-state index contributed by atoms with van der Waals surface area (Å²) in [5, 5.41) is 3.38. The van der Waals surface area contributed by atoms with Crippen molar-refractivity contribution in [2.24, 2.45) is 5.73 Å². The van der Waals surface area contributed by atoms with Gasteiger partial charge in [0.1, 0.15) is 11.9 Å². The van der Waals surface area contributed by atoms with Crippen molar-refractivity contribution in [3.05, 3.63) is 63.3 Å². The Morgan fingerprint density at radius 1 is 1.30 bits per heavy atom. The van der Waals surface area contributed by atoms with Crippen LogP contribution in [0, 0.1) is 5.82 Å². The highest BCUT2D eigenvalue weighted by atomic mass is 79.9. The third-order valence-corrected chi connectivity index (χ3v) is 3.71. The van der Waals surface area contributed by atoms with Crippen LogP contribution in [0.25, 0.3) is 0 Å². The van der Waals surface area contributed by atoms with Gasteiger partial charge in [0.25, 0.3) is 0 Å². The summed E-state index contributed by atoms with van der Waals surface area (Å²) in [6, 6.07) is 10.5. The minimum Gasteiger partial charge on any atom is -0.369 e. The molecule has 0 bridgehead atoms. The highest BCUT2D eigenvalue weighted by Gasteiger charge is 2.19. The molecule has 0 saturated heterocycles. The number of hydrogen-bond donors (Lipinski definition) is 2. The molecule has 104 valence electrons. The summed E-state index contributed by atoms with van der Waals surface area (Å²) < 4.78 is 13.9. The standard InChI is InChI=1S/C14H11BrClFN2O/c15-9-6-5-8(7-11(9)17)13(14(18)20)19-12-4-2-1-3-10(12)16/h1-7,13,19H,(H2,18,20). The van der Waals surface area contributed by atoms with Gasteiger partial charge in [0.05, 0.1) is 15.2 Å². The SMILES string of the molecule is NC(=O)C(Nc1ccccc1Cl)c1ccc(Br)c(F)c1. The van der Waals surface area contributed by atoms with E-state index in [0.29, 0.717) is 20.7 Å². The van der Waals surface area contributed by atoms with E-state index < -0.39 is 17.8 Å². The smallest absolute Gasteiger partial charge is 0.244 e. The molecule has 20 heavy (non-hydrogen) atoms. The van der Waals surface area contributed by atoms with Crippen molar-refractivity contribution in [2.45, 2.75) is 6.04 Å². The number of carbonyl (C=O) groups excluding carboxylic acids is 1. The maximum Gasteiger partial charge on any atom is 0.244 e. The first-order valence-electron chi connectivity index (χ1n) is 5.74. The Morgan fingerprint density at radius 3 is 2.60 bits per heavy atom. The Bertz CT molecular complexity index is 651. The van der Waals surface area contributed by atoms with E-state index in [1.807, 2.05) is 0 Å². The van der Waals surface area contributed by atoms with Crippen LogP contribution >= 0.6 is 27.5 Å². The number of para-hydroxylation sites is 1. The minimum atomic E-state index is -0.863. The van der Waals surface area contributed by atoms with E-state index in [1.54, 1.807) is 30.3 Å². The third kappa shape index (κ3) is 3.29. The van der Waals surface area contributed by atoms with Crippen LogP contribution in [0.2, 0.25) is 5.02 Å². The lowest BCUT2D eigenvalue weighted by molar-refractivity contribution is -0.118. The van der Waals surface area contributed by atoms with Gasteiger partial charge in [0.15, 0.2) is 0 Å². The van der Waals surface area contributed by atoms with Crippen molar-refractivity contribution < 1.29 is 9.18 Å². The molecule has 0 saturated carbocycles. The molecule has 3 N–H and O–H groups in total. The second kappa shape index (κ2) is 6.24. The largest absolute Gasteiger partial charge is 0.369 e. The zero-order valence-electron chi connectivity index (χ0n) is 10.2. The van der Waals surface area contributed by atoms with E-state index in [9.17, 15) is 9.18 Å². The molecule has 1 atom stereocenters. The van der Waals surface area contributed by atoms with Crippen LogP contribution in [0.4, 0.5) is 10.1 Å². The summed E-state index contributed by atoms with van der Waals surface area (Å²) in [6.07, 6.45) is 0. The predicted octanol–water partition coefficient (Wildman–Crippen LogP) is 3.88. The van der Waals surface area contributed by atoms with Crippen molar-refractivity contribution in [3.8, 4) is 0 Å². The Labute approximate surface area is 129 Å². The maximum atomic E-state index is 13.6. The Morgan fingerprint density at radius 2 is 2.00 bits per heavy atom. The van der Waals surface area contributed by atoms with Crippen molar-refractivity contribution >= 4 is 39.1 Å². The van der Waals surface area contributed by atoms with Crippen LogP contribution in [-0.4, -0.2) is 5.91 Å². The number of hydrogen-bond acceptors (Lipinski definition) is 2. The molecule has 0 heterocycles. The van der Waals surface area contributed by atoms with Crippen LogP contribution in [-0.2, 0) is 4.79 Å². The number of amides is 1. The van der Waals surface area contributed by atoms with E-state index in [0.717, 1.165) is 0 Å². The first-order valence-corrected chi connectivity index (χ1v) is 6.91. The van der Waals surface area contributed by atoms with Crippen LogP contribution in [0.15, 0.2) is 46.9 Å². The van der Waals surface area contributed by atoms with Crippen LogP contribution < -0.4 is 11.1 Å². The second-order valence-corrected chi connectivity index (χ2v) is 5.39. The van der Waals surface area contributed by atoms with Gasteiger partial charge >= 0.3 is 0 Å². The number of benzene rings is 2. The molecule has 2 aromatic rings. The molecule has 0 aliphatic carbocycles. The molecular formula is C14H11BrClFN2O. The summed E-state index contributed by atoms with van der Waals surface area (Å²) >= 11 is 9.08. The molecule has 0 fully saturated rings. The number of primary amides is 1. The van der Waals surface area contributed by atoms with Gasteiger partial charge in [-0.05, 0) is 45.8 Å². The first kappa shape index (κ1) is 14.8. The summed E-state index contributed by atoms with van der Waals surface area (Å²) in [5.41, 5.74) is 6.36. The first-order chi connectivity index (χ1) is 9.49. The number of halogens is 3. The normalized spacial score (nSPS) is 11.9. The molecule has 2 rings (SSSR count). The van der Waals surface area contributed by atoms with Crippen molar-refractivity contribution in [2.75, 3.05) is 5.32 Å². The topological polar surface area (TPSA) is 55.1 Å². The van der Waals surface area contributed by atoms with E-state index in [1.165, 1.54) is 12.1 Å². The third-order valence-electron chi connectivity index (χ3n) is 2.74. The maximum absolute atomic E-state index is 13.6. The zero-order chi connectivity index (χ0) is 14.7. The van der Waals surface area contributed by atoms with Gasteiger partial charge in [-0.1, -0.05) is 29.8 Å². The predicted molar refractivity (Wildman–Crippen MR) is 81.1 cm³/mol. The molecule has 0 spiro atoms. The molecule has 0 aliphatic heterocycles. The minimum absolute atomic E-state index is 0.321.